The molecule has 0 spiro atoms. The first-order chi connectivity index (χ1) is 9.47. The summed E-state index contributed by atoms with van der Waals surface area (Å²) in [6, 6.07) is 3.60. The standard InChI is InChI=1S/C14H19ClN2O2S/c1-9(2)16-13(18)10-4-3-7-17(8-10)14(19)11-5-6-12(15)20-11/h5-6,9-10H,3-4,7-8H2,1-2H3,(H,16,18)/t10-/m1/s1. The second-order valence-electron chi connectivity index (χ2n) is 5.36. The lowest BCUT2D eigenvalue weighted by atomic mass is 9.96. The maximum Gasteiger partial charge on any atom is 0.263 e. The van der Waals surface area contributed by atoms with Gasteiger partial charge in [-0.15, -0.1) is 11.3 Å². The van der Waals surface area contributed by atoms with E-state index in [1.165, 1.54) is 11.3 Å². The molecule has 110 valence electrons. The van der Waals surface area contributed by atoms with Crippen molar-refractivity contribution in [3.05, 3.63) is 21.3 Å². The molecule has 1 aromatic heterocycles. The van der Waals surface area contributed by atoms with Gasteiger partial charge in [0.25, 0.3) is 5.91 Å². The van der Waals surface area contributed by atoms with E-state index in [9.17, 15) is 9.59 Å². The lowest BCUT2D eigenvalue weighted by Gasteiger charge is -2.32. The summed E-state index contributed by atoms with van der Waals surface area (Å²) >= 11 is 7.15. The average Bonchev–Trinajstić information content (AvgIpc) is 2.84. The highest BCUT2D eigenvalue weighted by molar-refractivity contribution is 7.17. The number of amides is 2. The van der Waals surface area contributed by atoms with Gasteiger partial charge in [0.05, 0.1) is 15.1 Å². The van der Waals surface area contributed by atoms with Crippen LogP contribution in [0.15, 0.2) is 12.1 Å². The van der Waals surface area contributed by atoms with Gasteiger partial charge in [-0.2, -0.15) is 0 Å². The van der Waals surface area contributed by atoms with Crippen molar-refractivity contribution in [1.82, 2.24) is 10.2 Å². The van der Waals surface area contributed by atoms with E-state index < -0.39 is 0 Å². The molecule has 1 aliphatic rings. The molecule has 1 N–H and O–H groups in total. The Morgan fingerprint density at radius 3 is 2.80 bits per heavy atom. The lowest BCUT2D eigenvalue weighted by molar-refractivity contribution is -0.126. The Morgan fingerprint density at radius 2 is 2.20 bits per heavy atom. The van der Waals surface area contributed by atoms with Crippen LogP contribution in [-0.2, 0) is 4.79 Å². The molecule has 4 nitrogen and oxygen atoms in total. The Hall–Kier alpha value is -1.07. The Morgan fingerprint density at radius 1 is 1.45 bits per heavy atom. The topological polar surface area (TPSA) is 49.4 Å². The van der Waals surface area contributed by atoms with E-state index >= 15 is 0 Å². The number of carbonyl (C=O) groups is 2. The summed E-state index contributed by atoms with van der Waals surface area (Å²) in [7, 11) is 0. The number of carbonyl (C=O) groups excluding carboxylic acids is 2. The number of rotatable bonds is 3. The monoisotopic (exact) mass is 314 g/mol. The normalized spacial score (nSPS) is 19.2. The van der Waals surface area contributed by atoms with Gasteiger partial charge in [0, 0.05) is 19.1 Å². The molecule has 2 rings (SSSR count). The molecule has 1 saturated heterocycles. The molecule has 0 aliphatic carbocycles. The fourth-order valence-electron chi connectivity index (χ4n) is 2.36. The van der Waals surface area contributed by atoms with Crippen molar-refractivity contribution in [1.29, 1.82) is 0 Å². The van der Waals surface area contributed by atoms with Crippen molar-refractivity contribution < 1.29 is 9.59 Å². The van der Waals surface area contributed by atoms with Crippen LogP contribution >= 0.6 is 22.9 Å². The number of halogens is 1. The van der Waals surface area contributed by atoms with Gasteiger partial charge >= 0.3 is 0 Å². The summed E-state index contributed by atoms with van der Waals surface area (Å²) in [4.78, 5) is 26.8. The number of nitrogens with one attached hydrogen (secondary N) is 1. The molecule has 0 radical (unpaired) electrons. The highest BCUT2D eigenvalue weighted by Crippen LogP contribution is 2.25. The summed E-state index contributed by atoms with van der Waals surface area (Å²) in [5.41, 5.74) is 0. The van der Waals surface area contributed by atoms with Crippen LogP contribution in [0, 0.1) is 5.92 Å². The molecule has 1 fully saturated rings. The molecule has 1 atom stereocenters. The molecule has 0 bridgehead atoms. The van der Waals surface area contributed by atoms with Gasteiger partial charge in [-0.3, -0.25) is 9.59 Å². The number of hydrogen-bond donors (Lipinski definition) is 1. The minimum atomic E-state index is -0.106. The van der Waals surface area contributed by atoms with Crippen LogP contribution in [0.2, 0.25) is 4.34 Å². The minimum absolute atomic E-state index is 0.0241. The number of nitrogens with zero attached hydrogens (tertiary/aromatic N) is 1. The predicted molar refractivity (Wildman–Crippen MR) is 81.2 cm³/mol. The maximum atomic E-state index is 12.3. The quantitative estimate of drug-likeness (QED) is 0.932. The smallest absolute Gasteiger partial charge is 0.263 e. The molecular weight excluding hydrogens is 296 g/mol. The van der Waals surface area contributed by atoms with Crippen molar-refractivity contribution in [2.75, 3.05) is 13.1 Å². The van der Waals surface area contributed by atoms with Gasteiger partial charge in [-0.1, -0.05) is 11.6 Å². The zero-order valence-corrected chi connectivity index (χ0v) is 13.3. The molecule has 2 heterocycles. The minimum Gasteiger partial charge on any atom is -0.354 e. The third-order valence-corrected chi connectivity index (χ3v) is 4.51. The number of piperidine rings is 1. The van der Waals surface area contributed by atoms with Gasteiger partial charge in [-0.05, 0) is 38.8 Å². The average molecular weight is 315 g/mol. The van der Waals surface area contributed by atoms with E-state index in [4.69, 9.17) is 11.6 Å². The zero-order valence-electron chi connectivity index (χ0n) is 11.7. The third kappa shape index (κ3) is 3.73. The van der Waals surface area contributed by atoms with E-state index in [1.807, 2.05) is 13.8 Å². The van der Waals surface area contributed by atoms with Crippen LogP contribution in [0.1, 0.15) is 36.4 Å². The fraction of sp³-hybridized carbons (Fsp3) is 0.571. The van der Waals surface area contributed by atoms with E-state index in [-0.39, 0.29) is 23.8 Å². The molecule has 2 amide bonds. The van der Waals surface area contributed by atoms with Crippen molar-refractivity contribution in [2.45, 2.75) is 32.7 Å². The summed E-state index contributed by atoms with van der Waals surface area (Å²) in [5, 5.41) is 2.92. The number of likely N-dealkylation sites (tertiary alicyclic amines) is 1. The van der Waals surface area contributed by atoms with Gasteiger partial charge in [0.2, 0.25) is 5.91 Å². The second kappa shape index (κ2) is 6.59. The van der Waals surface area contributed by atoms with Crippen LogP contribution < -0.4 is 5.32 Å². The highest BCUT2D eigenvalue weighted by Gasteiger charge is 2.29. The lowest BCUT2D eigenvalue weighted by Crippen LogP contribution is -2.46. The summed E-state index contributed by atoms with van der Waals surface area (Å²) in [5.74, 6) is -0.0869. The third-order valence-electron chi connectivity index (χ3n) is 3.29. The van der Waals surface area contributed by atoms with Crippen molar-refractivity contribution in [2.24, 2.45) is 5.92 Å². The van der Waals surface area contributed by atoms with Crippen LogP contribution in [0.25, 0.3) is 0 Å². The summed E-state index contributed by atoms with van der Waals surface area (Å²) in [6.45, 7) is 5.08. The molecule has 0 saturated carbocycles. The van der Waals surface area contributed by atoms with Crippen LogP contribution in [0.5, 0.6) is 0 Å². The Labute approximate surface area is 128 Å². The van der Waals surface area contributed by atoms with Gasteiger partial charge in [0.15, 0.2) is 0 Å². The summed E-state index contributed by atoms with van der Waals surface area (Å²) < 4.78 is 0.611. The Bertz CT molecular complexity index is 501. The highest BCUT2D eigenvalue weighted by atomic mass is 35.5. The van der Waals surface area contributed by atoms with Crippen molar-refractivity contribution >= 4 is 34.8 Å². The fourth-order valence-corrected chi connectivity index (χ4v) is 3.37. The number of hydrogen-bond acceptors (Lipinski definition) is 3. The second-order valence-corrected chi connectivity index (χ2v) is 7.07. The SMILES string of the molecule is CC(C)NC(=O)[C@@H]1CCCN(C(=O)c2ccc(Cl)s2)C1. The number of thiophene rings is 1. The summed E-state index contributed by atoms with van der Waals surface area (Å²) in [6.07, 6.45) is 1.70. The predicted octanol–water partition coefficient (Wildman–Crippen LogP) is 2.78. The Kier molecular flexibility index (Phi) is 5.05. The van der Waals surface area contributed by atoms with Gasteiger partial charge in [-0.25, -0.2) is 0 Å². The van der Waals surface area contributed by atoms with Crippen molar-refractivity contribution in [3.8, 4) is 0 Å². The van der Waals surface area contributed by atoms with E-state index in [2.05, 4.69) is 5.32 Å². The first-order valence-electron chi connectivity index (χ1n) is 6.82. The molecule has 0 unspecified atom stereocenters. The molecule has 1 aliphatic heterocycles. The van der Waals surface area contributed by atoms with Crippen molar-refractivity contribution in [3.63, 3.8) is 0 Å². The van der Waals surface area contributed by atoms with Gasteiger partial charge in [0.1, 0.15) is 0 Å². The molecule has 1 aromatic rings. The molecule has 0 aromatic carbocycles. The zero-order chi connectivity index (χ0) is 14.7. The van der Waals surface area contributed by atoms with Crippen LogP contribution in [-0.4, -0.2) is 35.8 Å². The molecule has 6 heteroatoms. The maximum absolute atomic E-state index is 12.3. The molecular formula is C14H19ClN2O2S. The van der Waals surface area contributed by atoms with Gasteiger partial charge < -0.3 is 10.2 Å². The Balaban J connectivity index is 1.99. The van der Waals surface area contributed by atoms with Crippen LogP contribution in [0.3, 0.4) is 0 Å². The van der Waals surface area contributed by atoms with E-state index in [0.29, 0.717) is 22.3 Å². The first-order valence-corrected chi connectivity index (χ1v) is 8.02. The van der Waals surface area contributed by atoms with Crippen LogP contribution in [0.4, 0.5) is 0 Å². The van der Waals surface area contributed by atoms with E-state index in [0.717, 1.165) is 12.8 Å². The largest absolute Gasteiger partial charge is 0.354 e. The molecule has 20 heavy (non-hydrogen) atoms. The van der Waals surface area contributed by atoms with E-state index in [1.54, 1.807) is 17.0 Å². The first kappa shape index (κ1) is 15.3.